The van der Waals surface area contributed by atoms with Gasteiger partial charge < -0.3 is 4.90 Å². The van der Waals surface area contributed by atoms with Crippen LogP contribution in [0.2, 0.25) is 0 Å². The van der Waals surface area contributed by atoms with Crippen molar-refractivity contribution in [2.24, 2.45) is 11.3 Å². The van der Waals surface area contributed by atoms with Gasteiger partial charge in [-0.15, -0.1) is 0 Å². The van der Waals surface area contributed by atoms with E-state index in [4.69, 9.17) is 0 Å². The molecule has 3 aliphatic rings. The summed E-state index contributed by atoms with van der Waals surface area (Å²) in [5.74, 6) is 0.935. The van der Waals surface area contributed by atoms with Crippen LogP contribution in [0.25, 0.3) is 0 Å². The zero-order valence-corrected chi connectivity index (χ0v) is 8.66. The number of ketones is 1. The van der Waals surface area contributed by atoms with Crippen molar-refractivity contribution in [1.29, 1.82) is 0 Å². The van der Waals surface area contributed by atoms with E-state index in [0.29, 0.717) is 6.04 Å². The Bertz CT molecular complexity index is 367. The zero-order valence-electron chi connectivity index (χ0n) is 8.66. The smallest absolute Gasteiger partial charge is 0.180 e. The van der Waals surface area contributed by atoms with Gasteiger partial charge in [0.05, 0.1) is 0 Å². The molecule has 1 spiro atoms. The maximum atomic E-state index is 11.3. The van der Waals surface area contributed by atoms with Crippen molar-refractivity contribution in [2.75, 3.05) is 6.54 Å². The third-order valence-electron chi connectivity index (χ3n) is 3.80. The Kier molecular flexibility index (Phi) is 1.36. The first-order valence-corrected chi connectivity index (χ1v) is 5.35. The number of carbonyl (C=O) groups is 1. The number of likely N-dealkylation sites (tertiary alicyclic amines) is 1. The molecular formula is C12H15NO. The van der Waals surface area contributed by atoms with Crippen LogP contribution in [0.4, 0.5) is 0 Å². The van der Waals surface area contributed by atoms with E-state index in [0.717, 1.165) is 12.5 Å². The van der Waals surface area contributed by atoms with Crippen molar-refractivity contribution in [2.45, 2.75) is 26.3 Å². The zero-order chi connectivity index (χ0) is 9.92. The Balaban J connectivity index is 2.02. The molecule has 0 bridgehead atoms. The molecule has 1 saturated carbocycles. The second-order valence-electron chi connectivity index (χ2n) is 4.95. The lowest BCUT2D eigenvalue weighted by Gasteiger charge is -2.30. The fraction of sp³-hybridized carbons (Fsp3) is 0.583. The van der Waals surface area contributed by atoms with Gasteiger partial charge in [0.1, 0.15) is 0 Å². The third kappa shape index (κ3) is 0.839. The highest BCUT2D eigenvalue weighted by molar-refractivity contribution is 6.01. The fourth-order valence-electron chi connectivity index (χ4n) is 2.90. The van der Waals surface area contributed by atoms with Gasteiger partial charge in [-0.2, -0.15) is 0 Å². The highest BCUT2D eigenvalue weighted by Gasteiger charge is 2.62. The van der Waals surface area contributed by atoms with Gasteiger partial charge in [0, 0.05) is 29.8 Å². The largest absolute Gasteiger partial charge is 0.371 e. The Morgan fingerprint density at radius 1 is 1.57 bits per heavy atom. The second kappa shape index (κ2) is 2.30. The summed E-state index contributed by atoms with van der Waals surface area (Å²) in [6.07, 6.45) is 6.98. The maximum absolute atomic E-state index is 11.3. The van der Waals surface area contributed by atoms with Gasteiger partial charge in [0.15, 0.2) is 5.78 Å². The summed E-state index contributed by atoms with van der Waals surface area (Å²) in [6.45, 7) is 5.53. The maximum Gasteiger partial charge on any atom is 0.180 e. The van der Waals surface area contributed by atoms with Crippen molar-refractivity contribution in [3.05, 3.63) is 23.9 Å². The minimum atomic E-state index is 0.156. The van der Waals surface area contributed by atoms with Gasteiger partial charge in [-0.05, 0) is 32.3 Å². The summed E-state index contributed by atoms with van der Waals surface area (Å²) in [5, 5.41) is 0. The molecule has 1 saturated heterocycles. The minimum Gasteiger partial charge on any atom is -0.371 e. The molecule has 74 valence electrons. The molecule has 0 aromatic carbocycles. The SMILES string of the molecule is CC(C)N1CC2CC23C=CC(=O)C=C13. The van der Waals surface area contributed by atoms with E-state index in [9.17, 15) is 4.79 Å². The lowest BCUT2D eigenvalue weighted by atomic mass is 9.95. The van der Waals surface area contributed by atoms with Crippen LogP contribution >= 0.6 is 0 Å². The lowest BCUT2D eigenvalue weighted by molar-refractivity contribution is -0.110. The van der Waals surface area contributed by atoms with E-state index in [-0.39, 0.29) is 11.2 Å². The Morgan fingerprint density at radius 3 is 3.07 bits per heavy atom. The average Bonchev–Trinajstić information content (AvgIpc) is 2.73. The summed E-state index contributed by atoms with van der Waals surface area (Å²) in [7, 11) is 0. The van der Waals surface area contributed by atoms with Crippen molar-refractivity contribution in [3.63, 3.8) is 0 Å². The molecule has 2 aliphatic carbocycles. The molecule has 2 fully saturated rings. The molecule has 2 heteroatoms. The first-order chi connectivity index (χ1) is 6.63. The van der Waals surface area contributed by atoms with Gasteiger partial charge in [-0.3, -0.25) is 4.79 Å². The van der Waals surface area contributed by atoms with E-state index in [1.807, 2.05) is 6.08 Å². The first kappa shape index (κ1) is 8.27. The molecule has 1 heterocycles. The highest BCUT2D eigenvalue weighted by Crippen LogP contribution is 2.65. The van der Waals surface area contributed by atoms with Crippen LogP contribution in [0, 0.1) is 11.3 Å². The van der Waals surface area contributed by atoms with E-state index in [1.165, 1.54) is 12.1 Å². The Morgan fingerprint density at radius 2 is 2.36 bits per heavy atom. The third-order valence-corrected chi connectivity index (χ3v) is 3.80. The summed E-state index contributed by atoms with van der Waals surface area (Å²) < 4.78 is 0. The van der Waals surface area contributed by atoms with Crippen molar-refractivity contribution >= 4 is 5.78 Å². The summed E-state index contributed by atoms with van der Waals surface area (Å²) in [4.78, 5) is 13.7. The quantitative estimate of drug-likeness (QED) is 0.626. The predicted molar refractivity (Wildman–Crippen MR) is 54.6 cm³/mol. The molecule has 2 nitrogen and oxygen atoms in total. The average molecular weight is 189 g/mol. The van der Waals surface area contributed by atoms with Crippen molar-refractivity contribution in [1.82, 2.24) is 4.90 Å². The number of carbonyl (C=O) groups excluding carboxylic acids is 1. The van der Waals surface area contributed by atoms with Gasteiger partial charge in [-0.1, -0.05) is 6.08 Å². The molecule has 14 heavy (non-hydrogen) atoms. The van der Waals surface area contributed by atoms with Gasteiger partial charge in [-0.25, -0.2) is 0 Å². The van der Waals surface area contributed by atoms with Crippen molar-refractivity contribution in [3.8, 4) is 0 Å². The number of piperidine rings is 1. The van der Waals surface area contributed by atoms with E-state index in [2.05, 4.69) is 24.8 Å². The summed E-state index contributed by atoms with van der Waals surface area (Å²) in [6, 6.07) is 0.519. The number of allylic oxidation sites excluding steroid dienone is 3. The molecule has 1 aliphatic heterocycles. The molecule has 0 radical (unpaired) electrons. The number of nitrogens with zero attached hydrogens (tertiary/aromatic N) is 1. The van der Waals surface area contributed by atoms with Crippen LogP contribution in [-0.4, -0.2) is 23.3 Å². The Labute approximate surface area is 84.3 Å². The molecule has 3 rings (SSSR count). The van der Waals surface area contributed by atoms with Crippen LogP contribution in [0.3, 0.4) is 0 Å². The second-order valence-corrected chi connectivity index (χ2v) is 4.95. The van der Waals surface area contributed by atoms with Crippen LogP contribution in [0.5, 0.6) is 0 Å². The number of hydrogen-bond acceptors (Lipinski definition) is 2. The molecule has 2 unspecified atom stereocenters. The molecule has 0 aromatic rings. The summed E-state index contributed by atoms with van der Waals surface area (Å²) >= 11 is 0. The topological polar surface area (TPSA) is 20.3 Å². The molecular weight excluding hydrogens is 174 g/mol. The predicted octanol–water partition coefficient (Wildman–Crippen LogP) is 1.74. The normalized spacial score (nSPS) is 38.5. The molecule has 0 amide bonds. The van der Waals surface area contributed by atoms with E-state index in [1.54, 1.807) is 6.08 Å². The van der Waals surface area contributed by atoms with Crippen LogP contribution in [0.15, 0.2) is 23.9 Å². The molecule has 0 N–H and O–H groups in total. The van der Waals surface area contributed by atoms with Crippen LogP contribution in [-0.2, 0) is 4.79 Å². The highest BCUT2D eigenvalue weighted by atomic mass is 16.1. The lowest BCUT2D eigenvalue weighted by Crippen LogP contribution is -2.30. The van der Waals surface area contributed by atoms with Gasteiger partial charge in [0.25, 0.3) is 0 Å². The fourth-order valence-corrected chi connectivity index (χ4v) is 2.90. The van der Waals surface area contributed by atoms with Crippen LogP contribution < -0.4 is 0 Å². The summed E-state index contributed by atoms with van der Waals surface area (Å²) in [5.41, 5.74) is 1.56. The van der Waals surface area contributed by atoms with Gasteiger partial charge in [0.2, 0.25) is 0 Å². The van der Waals surface area contributed by atoms with E-state index < -0.39 is 0 Å². The number of rotatable bonds is 1. The van der Waals surface area contributed by atoms with Crippen LogP contribution in [0.1, 0.15) is 20.3 Å². The van der Waals surface area contributed by atoms with Crippen molar-refractivity contribution < 1.29 is 4.79 Å². The first-order valence-electron chi connectivity index (χ1n) is 5.35. The monoisotopic (exact) mass is 189 g/mol. The standard InChI is InChI=1S/C12H15NO/c1-8(2)13-7-9-6-12(9)4-3-10(14)5-11(12)13/h3-5,8-9H,6-7H2,1-2H3. The Hall–Kier alpha value is -1.05. The van der Waals surface area contributed by atoms with E-state index >= 15 is 0 Å². The molecule has 2 atom stereocenters. The number of hydrogen-bond donors (Lipinski definition) is 0. The minimum absolute atomic E-state index is 0.156. The molecule has 0 aromatic heterocycles. The van der Waals surface area contributed by atoms with Gasteiger partial charge >= 0.3 is 0 Å².